The van der Waals surface area contributed by atoms with Crippen LogP contribution in [0, 0.1) is 5.92 Å². The largest absolute Gasteiger partial charge is 0.368 e. The van der Waals surface area contributed by atoms with Crippen molar-refractivity contribution in [2.75, 3.05) is 0 Å². The van der Waals surface area contributed by atoms with Crippen molar-refractivity contribution in [1.29, 1.82) is 0 Å². The smallest absolute Gasteiger partial charge is 0.157 e. The zero-order valence-corrected chi connectivity index (χ0v) is 6.71. The standard InChI is InChI=1S/C8H16O2/c1-3-7-5-4-6(2)8(9)10-7/h6-9H,3-5H2,1-2H3/t6?,7?,8-/m0/s1. The van der Waals surface area contributed by atoms with E-state index in [1.807, 2.05) is 6.92 Å². The van der Waals surface area contributed by atoms with Crippen molar-refractivity contribution in [2.24, 2.45) is 5.92 Å². The first kappa shape index (κ1) is 8.02. The molecule has 1 aliphatic rings. The summed E-state index contributed by atoms with van der Waals surface area (Å²) in [5.74, 6) is 0.322. The maximum absolute atomic E-state index is 9.26. The highest BCUT2D eigenvalue weighted by molar-refractivity contribution is 4.68. The predicted octanol–water partition coefficient (Wildman–Crippen LogP) is 1.53. The van der Waals surface area contributed by atoms with Crippen LogP contribution in [0.5, 0.6) is 0 Å². The molecule has 60 valence electrons. The van der Waals surface area contributed by atoms with Crippen molar-refractivity contribution in [1.82, 2.24) is 0 Å². The van der Waals surface area contributed by atoms with Gasteiger partial charge in [0.1, 0.15) is 0 Å². The third kappa shape index (κ3) is 1.70. The summed E-state index contributed by atoms with van der Waals surface area (Å²) in [6.07, 6.45) is 3.00. The molecule has 2 heteroatoms. The average molecular weight is 144 g/mol. The van der Waals surface area contributed by atoms with Crippen molar-refractivity contribution in [3.63, 3.8) is 0 Å². The fraction of sp³-hybridized carbons (Fsp3) is 1.00. The number of aliphatic hydroxyl groups excluding tert-OH is 1. The number of rotatable bonds is 1. The SMILES string of the molecule is CCC1CCC(C)[C@@H](O)O1. The normalized spacial score (nSPS) is 41.7. The monoisotopic (exact) mass is 144 g/mol. The van der Waals surface area contributed by atoms with Crippen LogP contribution in [-0.4, -0.2) is 17.5 Å². The highest BCUT2D eigenvalue weighted by Crippen LogP contribution is 2.24. The van der Waals surface area contributed by atoms with Gasteiger partial charge in [-0.3, -0.25) is 0 Å². The molecule has 2 nitrogen and oxygen atoms in total. The van der Waals surface area contributed by atoms with Crippen LogP contribution in [0.25, 0.3) is 0 Å². The molecule has 1 heterocycles. The van der Waals surface area contributed by atoms with Crippen molar-refractivity contribution < 1.29 is 9.84 Å². The lowest BCUT2D eigenvalue weighted by atomic mass is 9.98. The first-order valence-corrected chi connectivity index (χ1v) is 4.07. The Bertz CT molecular complexity index is 103. The van der Waals surface area contributed by atoms with Gasteiger partial charge in [-0.1, -0.05) is 13.8 Å². The molecule has 0 radical (unpaired) electrons. The molecule has 0 bridgehead atoms. The van der Waals surface area contributed by atoms with Gasteiger partial charge in [-0.2, -0.15) is 0 Å². The second kappa shape index (κ2) is 3.35. The van der Waals surface area contributed by atoms with Crippen LogP contribution in [0.4, 0.5) is 0 Å². The van der Waals surface area contributed by atoms with Gasteiger partial charge in [0, 0.05) is 5.92 Å². The van der Waals surface area contributed by atoms with Crippen LogP contribution < -0.4 is 0 Å². The van der Waals surface area contributed by atoms with Crippen LogP contribution in [0.3, 0.4) is 0 Å². The molecule has 10 heavy (non-hydrogen) atoms. The lowest BCUT2D eigenvalue weighted by Gasteiger charge is -2.30. The highest BCUT2D eigenvalue weighted by Gasteiger charge is 2.24. The van der Waals surface area contributed by atoms with E-state index in [-0.39, 0.29) is 0 Å². The summed E-state index contributed by atoms with van der Waals surface area (Å²) in [5, 5.41) is 9.26. The zero-order chi connectivity index (χ0) is 7.56. The Morgan fingerprint density at radius 1 is 1.50 bits per heavy atom. The maximum Gasteiger partial charge on any atom is 0.157 e. The molecular weight excluding hydrogens is 128 g/mol. The molecular formula is C8H16O2. The van der Waals surface area contributed by atoms with Gasteiger partial charge in [0.15, 0.2) is 6.29 Å². The van der Waals surface area contributed by atoms with E-state index in [9.17, 15) is 5.11 Å². The summed E-state index contributed by atoms with van der Waals surface area (Å²) in [6.45, 7) is 4.12. The predicted molar refractivity (Wildman–Crippen MR) is 39.6 cm³/mol. The number of aliphatic hydroxyl groups is 1. The minimum Gasteiger partial charge on any atom is -0.368 e. The first-order valence-electron chi connectivity index (χ1n) is 4.07. The third-order valence-corrected chi connectivity index (χ3v) is 2.22. The van der Waals surface area contributed by atoms with Gasteiger partial charge in [0.25, 0.3) is 0 Å². The topological polar surface area (TPSA) is 29.5 Å². The van der Waals surface area contributed by atoms with Crippen molar-refractivity contribution >= 4 is 0 Å². The molecule has 1 saturated heterocycles. The summed E-state index contributed by atoms with van der Waals surface area (Å²) < 4.78 is 5.30. The van der Waals surface area contributed by atoms with Crippen molar-refractivity contribution in [3.05, 3.63) is 0 Å². The highest BCUT2D eigenvalue weighted by atomic mass is 16.6. The van der Waals surface area contributed by atoms with E-state index in [0.717, 1.165) is 19.3 Å². The molecule has 2 unspecified atom stereocenters. The zero-order valence-electron chi connectivity index (χ0n) is 6.71. The number of hydrogen-bond donors (Lipinski definition) is 1. The Hall–Kier alpha value is -0.0800. The van der Waals surface area contributed by atoms with Crippen LogP contribution >= 0.6 is 0 Å². The molecule has 1 N–H and O–H groups in total. The van der Waals surface area contributed by atoms with Crippen LogP contribution in [0.1, 0.15) is 33.1 Å². The van der Waals surface area contributed by atoms with Gasteiger partial charge < -0.3 is 9.84 Å². The van der Waals surface area contributed by atoms with E-state index < -0.39 is 6.29 Å². The van der Waals surface area contributed by atoms with Crippen molar-refractivity contribution in [2.45, 2.75) is 45.5 Å². The molecule has 0 spiro atoms. The first-order chi connectivity index (χ1) is 4.74. The third-order valence-electron chi connectivity index (χ3n) is 2.22. The lowest BCUT2D eigenvalue weighted by Crippen LogP contribution is -2.32. The Labute approximate surface area is 62.2 Å². The fourth-order valence-corrected chi connectivity index (χ4v) is 1.29. The van der Waals surface area contributed by atoms with Gasteiger partial charge in [-0.05, 0) is 19.3 Å². The van der Waals surface area contributed by atoms with E-state index in [1.54, 1.807) is 0 Å². The minimum atomic E-state index is -0.515. The Kier molecular flexibility index (Phi) is 2.69. The molecule has 0 saturated carbocycles. The second-order valence-corrected chi connectivity index (χ2v) is 3.11. The van der Waals surface area contributed by atoms with Gasteiger partial charge in [0.2, 0.25) is 0 Å². The number of ether oxygens (including phenoxy) is 1. The van der Waals surface area contributed by atoms with Gasteiger partial charge in [-0.25, -0.2) is 0 Å². The molecule has 0 aromatic heterocycles. The lowest BCUT2D eigenvalue weighted by molar-refractivity contribution is -0.189. The van der Waals surface area contributed by atoms with E-state index in [2.05, 4.69) is 6.92 Å². The van der Waals surface area contributed by atoms with E-state index in [0.29, 0.717) is 12.0 Å². The molecule has 0 amide bonds. The summed E-state index contributed by atoms with van der Waals surface area (Å²) in [5.41, 5.74) is 0. The van der Waals surface area contributed by atoms with Crippen LogP contribution in [-0.2, 0) is 4.74 Å². The number of hydrogen-bond acceptors (Lipinski definition) is 2. The van der Waals surface area contributed by atoms with Crippen molar-refractivity contribution in [3.8, 4) is 0 Å². The molecule has 0 aromatic rings. The second-order valence-electron chi connectivity index (χ2n) is 3.11. The Morgan fingerprint density at radius 2 is 2.20 bits per heavy atom. The summed E-state index contributed by atoms with van der Waals surface area (Å²) >= 11 is 0. The van der Waals surface area contributed by atoms with Gasteiger partial charge >= 0.3 is 0 Å². The van der Waals surface area contributed by atoms with Gasteiger partial charge in [-0.15, -0.1) is 0 Å². The molecule has 1 fully saturated rings. The summed E-state index contributed by atoms with van der Waals surface area (Å²) in [4.78, 5) is 0. The average Bonchev–Trinajstić information content (AvgIpc) is 1.95. The van der Waals surface area contributed by atoms with E-state index >= 15 is 0 Å². The fourth-order valence-electron chi connectivity index (χ4n) is 1.29. The van der Waals surface area contributed by atoms with Crippen LogP contribution in [0.2, 0.25) is 0 Å². The van der Waals surface area contributed by atoms with Gasteiger partial charge in [0.05, 0.1) is 6.10 Å². The Morgan fingerprint density at radius 3 is 2.70 bits per heavy atom. The summed E-state index contributed by atoms with van der Waals surface area (Å²) in [6, 6.07) is 0. The summed E-state index contributed by atoms with van der Waals surface area (Å²) in [7, 11) is 0. The van der Waals surface area contributed by atoms with Crippen LogP contribution in [0.15, 0.2) is 0 Å². The quantitative estimate of drug-likeness (QED) is 0.604. The molecule has 3 atom stereocenters. The Balaban J connectivity index is 2.33. The maximum atomic E-state index is 9.26. The van der Waals surface area contributed by atoms with E-state index in [4.69, 9.17) is 4.74 Å². The molecule has 0 aromatic carbocycles. The molecule has 0 aliphatic carbocycles. The van der Waals surface area contributed by atoms with E-state index in [1.165, 1.54) is 0 Å². The minimum absolute atomic E-state index is 0.297. The molecule has 1 aliphatic heterocycles. The molecule has 1 rings (SSSR count).